The normalized spacial score (nSPS) is 13.0. The number of ether oxygens (including phenoxy) is 1. The fourth-order valence-corrected chi connectivity index (χ4v) is 3.77. The minimum absolute atomic E-state index is 0.326. The third-order valence-corrected chi connectivity index (χ3v) is 5.51. The number of benzene rings is 1. The average Bonchev–Trinajstić information content (AvgIpc) is 2.77. The summed E-state index contributed by atoms with van der Waals surface area (Å²) in [5.74, 6) is -1.68. The zero-order valence-electron chi connectivity index (χ0n) is 22.8. The highest BCUT2D eigenvalue weighted by Crippen LogP contribution is 2.26. The number of hydrogen-bond donors (Lipinski definition) is 3. The zero-order chi connectivity index (χ0) is 27.5. The maximum absolute atomic E-state index is 13.8. The van der Waals surface area contributed by atoms with Crippen LogP contribution in [0.4, 0.5) is 4.79 Å². The van der Waals surface area contributed by atoms with Gasteiger partial charge in [-0.3, -0.25) is 14.4 Å². The van der Waals surface area contributed by atoms with Gasteiger partial charge in [-0.25, -0.2) is 4.79 Å². The standard InChI is InChI=1S/C27H44N4O5/c1-8-10-11-16-29-24(33)23(20-14-12-19(9-2)13-15-20)31(18(3)4)25(34)21(17-22(28)32)30-26(35)36-27(5,6)7/h12-15,18,21,23H,8-11,16-17H2,1-7H3,(H2,28,32)(H,29,33)(H,30,35). The molecule has 0 saturated heterocycles. The Morgan fingerprint density at radius 1 is 1.03 bits per heavy atom. The number of nitrogens with two attached hydrogens (primary N) is 1. The first-order valence-electron chi connectivity index (χ1n) is 12.8. The van der Waals surface area contributed by atoms with E-state index in [9.17, 15) is 19.2 Å². The summed E-state index contributed by atoms with van der Waals surface area (Å²) >= 11 is 0. The minimum Gasteiger partial charge on any atom is -0.444 e. The molecule has 0 aliphatic rings. The Kier molecular flexibility index (Phi) is 12.4. The molecule has 0 aliphatic heterocycles. The highest BCUT2D eigenvalue weighted by Gasteiger charge is 2.38. The van der Waals surface area contributed by atoms with Crippen LogP contribution in [0.3, 0.4) is 0 Å². The summed E-state index contributed by atoms with van der Waals surface area (Å²) in [6.45, 7) is 13.2. The van der Waals surface area contributed by atoms with Gasteiger partial charge in [-0.1, -0.05) is 51.0 Å². The van der Waals surface area contributed by atoms with Crippen molar-refractivity contribution in [2.75, 3.05) is 6.54 Å². The summed E-state index contributed by atoms with van der Waals surface area (Å²) < 4.78 is 5.28. The lowest BCUT2D eigenvalue weighted by Crippen LogP contribution is -2.56. The van der Waals surface area contributed by atoms with Gasteiger partial charge < -0.3 is 26.0 Å². The lowest BCUT2D eigenvalue weighted by atomic mass is 9.98. The molecule has 0 aromatic heterocycles. The van der Waals surface area contributed by atoms with Crippen LogP contribution in [0.5, 0.6) is 0 Å². The quantitative estimate of drug-likeness (QED) is 0.353. The first-order chi connectivity index (χ1) is 16.8. The Hall–Kier alpha value is -3.10. The minimum atomic E-state index is -1.29. The summed E-state index contributed by atoms with van der Waals surface area (Å²) in [5, 5.41) is 5.43. The van der Waals surface area contributed by atoms with Crippen molar-refractivity contribution in [2.45, 2.75) is 104 Å². The lowest BCUT2D eigenvalue weighted by molar-refractivity contribution is -0.145. The summed E-state index contributed by atoms with van der Waals surface area (Å²) in [6.07, 6.45) is 2.37. The van der Waals surface area contributed by atoms with Crippen molar-refractivity contribution in [2.24, 2.45) is 5.73 Å². The van der Waals surface area contributed by atoms with Crippen molar-refractivity contribution in [1.82, 2.24) is 15.5 Å². The van der Waals surface area contributed by atoms with Crippen LogP contribution in [0.2, 0.25) is 0 Å². The smallest absolute Gasteiger partial charge is 0.408 e. The van der Waals surface area contributed by atoms with Gasteiger partial charge in [0.15, 0.2) is 0 Å². The number of unbranched alkanes of at least 4 members (excludes halogenated alkanes) is 2. The lowest BCUT2D eigenvalue weighted by Gasteiger charge is -2.37. The van der Waals surface area contributed by atoms with Gasteiger partial charge in [-0.15, -0.1) is 0 Å². The number of carbonyl (C=O) groups excluding carboxylic acids is 4. The Balaban J connectivity index is 3.40. The molecule has 1 rings (SSSR count). The molecule has 2 unspecified atom stereocenters. The number of amides is 4. The average molecular weight is 505 g/mol. The second-order valence-corrected chi connectivity index (χ2v) is 10.2. The number of aryl methyl sites for hydroxylation is 1. The maximum atomic E-state index is 13.8. The number of carbonyl (C=O) groups is 4. The highest BCUT2D eigenvalue weighted by molar-refractivity contribution is 5.94. The molecular formula is C27H44N4O5. The summed E-state index contributed by atoms with van der Waals surface area (Å²) in [7, 11) is 0. The van der Waals surface area contributed by atoms with Crippen LogP contribution in [-0.4, -0.2) is 52.9 Å². The van der Waals surface area contributed by atoms with E-state index in [0.29, 0.717) is 12.1 Å². The van der Waals surface area contributed by atoms with E-state index < -0.39 is 48.1 Å². The van der Waals surface area contributed by atoms with E-state index in [1.54, 1.807) is 34.6 Å². The van der Waals surface area contributed by atoms with Crippen molar-refractivity contribution in [1.29, 1.82) is 0 Å². The van der Waals surface area contributed by atoms with Crippen LogP contribution in [0.1, 0.15) is 91.3 Å². The van der Waals surface area contributed by atoms with Gasteiger partial charge in [-0.05, 0) is 58.6 Å². The molecule has 0 heterocycles. The molecular weight excluding hydrogens is 460 g/mol. The number of nitrogens with one attached hydrogen (secondary N) is 2. The van der Waals surface area contributed by atoms with Crippen LogP contribution in [0.15, 0.2) is 24.3 Å². The molecule has 9 nitrogen and oxygen atoms in total. The molecule has 1 aromatic rings. The predicted octanol–water partition coefficient (Wildman–Crippen LogP) is 3.60. The largest absolute Gasteiger partial charge is 0.444 e. The van der Waals surface area contributed by atoms with E-state index in [0.717, 1.165) is 31.2 Å². The maximum Gasteiger partial charge on any atom is 0.408 e. The number of hydrogen-bond acceptors (Lipinski definition) is 5. The van der Waals surface area contributed by atoms with E-state index in [4.69, 9.17) is 10.5 Å². The summed E-state index contributed by atoms with van der Waals surface area (Å²) in [6, 6.07) is 4.85. The summed E-state index contributed by atoms with van der Waals surface area (Å²) in [4.78, 5) is 52.9. The monoisotopic (exact) mass is 504 g/mol. The first-order valence-corrected chi connectivity index (χ1v) is 12.8. The molecule has 0 spiro atoms. The molecule has 0 radical (unpaired) electrons. The number of rotatable bonds is 13. The number of primary amides is 1. The van der Waals surface area contributed by atoms with Crippen LogP contribution in [0, 0.1) is 0 Å². The fourth-order valence-electron chi connectivity index (χ4n) is 3.77. The second kappa shape index (κ2) is 14.5. The molecule has 9 heteroatoms. The molecule has 4 N–H and O–H groups in total. The van der Waals surface area contributed by atoms with Crippen LogP contribution in [0.25, 0.3) is 0 Å². The number of alkyl carbamates (subject to hydrolysis) is 1. The second-order valence-electron chi connectivity index (χ2n) is 10.2. The van der Waals surface area contributed by atoms with Crippen molar-refractivity contribution in [3.8, 4) is 0 Å². The van der Waals surface area contributed by atoms with Gasteiger partial charge in [0, 0.05) is 12.6 Å². The molecule has 202 valence electrons. The predicted molar refractivity (Wildman–Crippen MR) is 140 cm³/mol. The Morgan fingerprint density at radius 3 is 2.11 bits per heavy atom. The van der Waals surface area contributed by atoms with E-state index in [-0.39, 0.29) is 5.91 Å². The van der Waals surface area contributed by atoms with Gasteiger partial charge in [0.2, 0.25) is 17.7 Å². The molecule has 0 aliphatic carbocycles. The van der Waals surface area contributed by atoms with Gasteiger partial charge in [0.05, 0.1) is 6.42 Å². The van der Waals surface area contributed by atoms with Crippen LogP contribution >= 0.6 is 0 Å². The van der Waals surface area contributed by atoms with E-state index in [1.807, 2.05) is 31.2 Å². The highest BCUT2D eigenvalue weighted by atomic mass is 16.6. The SMILES string of the molecule is CCCCCNC(=O)C(c1ccc(CC)cc1)N(C(=O)C(CC(N)=O)NC(=O)OC(C)(C)C)C(C)C. The molecule has 0 bridgehead atoms. The van der Waals surface area contributed by atoms with Gasteiger partial charge >= 0.3 is 6.09 Å². The third kappa shape index (κ3) is 10.3. The van der Waals surface area contributed by atoms with Crippen molar-refractivity contribution in [3.63, 3.8) is 0 Å². The molecule has 0 fully saturated rings. The van der Waals surface area contributed by atoms with Crippen molar-refractivity contribution < 1.29 is 23.9 Å². The fraction of sp³-hybridized carbons (Fsp3) is 0.630. The Labute approximate surface area is 215 Å². The zero-order valence-corrected chi connectivity index (χ0v) is 22.8. The Morgan fingerprint density at radius 2 is 1.64 bits per heavy atom. The molecule has 4 amide bonds. The number of nitrogens with zero attached hydrogens (tertiary/aromatic N) is 1. The van der Waals surface area contributed by atoms with Crippen LogP contribution in [-0.2, 0) is 25.5 Å². The molecule has 0 saturated carbocycles. The van der Waals surface area contributed by atoms with E-state index in [1.165, 1.54) is 4.90 Å². The van der Waals surface area contributed by atoms with Crippen molar-refractivity contribution >= 4 is 23.8 Å². The molecule has 1 aromatic carbocycles. The Bertz CT molecular complexity index is 877. The summed E-state index contributed by atoms with van der Waals surface area (Å²) in [5.41, 5.74) is 6.34. The molecule has 36 heavy (non-hydrogen) atoms. The third-order valence-electron chi connectivity index (χ3n) is 5.51. The van der Waals surface area contributed by atoms with Gasteiger partial charge in [0.1, 0.15) is 17.7 Å². The van der Waals surface area contributed by atoms with E-state index >= 15 is 0 Å². The topological polar surface area (TPSA) is 131 Å². The molecule has 2 atom stereocenters. The van der Waals surface area contributed by atoms with Gasteiger partial charge in [0.25, 0.3) is 0 Å². The van der Waals surface area contributed by atoms with Crippen LogP contribution < -0.4 is 16.4 Å². The van der Waals surface area contributed by atoms with Gasteiger partial charge in [-0.2, -0.15) is 0 Å². The first kappa shape index (κ1) is 30.9. The van der Waals surface area contributed by atoms with E-state index in [2.05, 4.69) is 17.6 Å². The van der Waals surface area contributed by atoms with Crippen molar-refractivity contribution in [3.05, 3.63) is 35.4 Å².